The molecule has 2 aromatic rings. The second kappa shape index (κ2) is 5.98. The van der Waals surface area contributed by atoms with Crippen molar-refractivity contribution in [2.75, 3.05) is 7.11 Å². The van der Waals surface area contributed by atoms with Gasteiger partial charge in [-0.3, -0.25) is 5.84 Å². The van der Waals surface area contributed by atoms with Gasteiger partial charge < -0.3 is 4.74 Å². The predicted molar refractivity (Wildman–Crippen MR) is 73.3 cm³/mol. The summed E-state index contributed by atoms with van der Waals surface area (Å²) in [5.41, 5.74) is 4.67. The van der Waals surface area contributed by atoms with Crippen LogP contribution in [0.4, 0.5) is 8.78 Å². The Kier molecular flexibility index (Phi) is 4.32. The second-order valence-corrected chi connectivity index (χ2v) is 4.49. The van der Waals surface area contributed by atoms with E-state index in [1.807, 2.05) is 0 Å². The molecule has 5 heteroatoms. The fourth-order valence-corrected chi connectivity index (χ4v) is 2.24. The van der Waals surface area contributed by atoms with E-state index in [-0.39, 0.29) is 11.6 Å². The summed E-state index contributed by atoms with van der Waals surface area (Å²) in [6.07, 6.45) is 0. The molecular formula is C15H16F2N2O. The van der Waals surface area contributed by atoms with Crippen LogP contribution in [-0.4, -0.2) is 7.11 Å². The lowest BCUT2D eigenvalue weighted by molar-refractivity contribution is 0.402. The van der Waals surface area contributed by atoms with E-state index in [9.17, 15) is 8.78 Å². The van der Waals surface area contributed by atoms with E-state index in [1.54, 1.807) is 13.0 Å². The smallest absolute Gasteiger partial charge is 0.124 e. The molecule has 0 aliphatic rings. The highest BCUT2D eigenvalue weighted by atomic mass is 19.1. The van der Waals surface area contributed by atoms with Crippen LogP contribution in [0.3, 0.4) is 0 Å². The number of rotatable bonds is 4. The maximum Gasteiger partial charge on any atom is 0.124 e. The number of nitrogens with two attached hydrogens (primary N) is 1. The zero-order valence-electron chi connectivity index (χ0n) is 11.3. The van der Waals surface area contributed by atoms with Crippen LogP contribution in [0.5, 0.6) is 5.75 Å². The van der Waals surface area contributed by atoms with E-state index in [4.69, 9.17) is 10.6 Å². The molecule has 0 fully saturated rings. The Morgan fingerprint density at radius 1 is 1.05 bits per heavy atom. The van der Waals surface area contributed by atoms with Gasteiger partial charge in [-0.15, -0.1) is 0 Å². The first kappa shape index (κ1) is 14.4. The van der Waals surface area contributed by atoms with Gasteiger partial charge in [-0.1, -0.05) is 6.07 Å². The molecule has 2 rings (SSSR count). The van der Waals surface area contributed by atoms with E-state index in [0.717, 1.165) is 11.1 Å². The number of halogens is 2. The average molecular weight is 278 g/mol. The molecule has 0 amide bonds. The molecule has 0 saturated heterocycles. The third kappa shape index (κ3) is 2.79. The van der Waals surface area contributed by atoms with Gasteiger partial charge in [0.1, 0.15) is 17.4 Å². The summed E-state index contributed by atoms with van der Waals surface area (Å²) in [6.45, 7) is 1.77. The molecule has 20 heavy (non-hydrogen) atoms. The largest absolute Gasteiger partial charge is 0.496 e. The highest BCUT2D eigenvalue weighted by molar-refractivity contribution is 5.44. The summed E-state index contributed by atoms with van der Waals surface area (Å²) in [5.74, 6) is 5.39. The Morgan fingerprint density at radius 2 is 1.70 bits per heavy atom. The fraction of sp³-hybridized carbons (Fsp3) is 0.200. The molecular weight excluding hydrogens is 262 g/mol. The van der Waals surface area contributed by atoms with Crippen molar-refractivity contribution in [1.29, 1.82) is 0 Å². The Labute approximate surface area is 116 Å². The number of hydrogen-bond donors (Lipinski definition) is 2. The Morgan fingerprint density at radius 3 is 2.30 bits per heavy atom. The Balaban J connectivity index is 2.54. The minimum absolute atomic E-state index is 0.326. The highest BCUT2D eigenvalue weighted by Gasteiger charge is 2.19. The molecule has 3 nitrogen and oxygen atoms in total. The molecule has 0 bridgehead atoms. The highest BCUT2D eigenvalue weighted by Crippen LogP contribution is 2.31. The molecule has 106 valence electrons. The first-order chi connectivity index (χ1) is 9.56. The summed E-state index contributed by atoms with van der Waals surface area (Å²) in [4.78, 5) is 0. The lowest BCUT2D eigenvalue weighted by atomic mass is 9.94. The Hall–Kier alpha value is -1.98. The van der Waals surface area contributed by atoms with Crippen molar-refractivity contribution in [3.63, 3.8) is 0 Å². The van der Waals surface area contributed by atoms with E-state index in [2.05, 4.69) is 5.43 Å². The fourth-order valence-electron chi connectivity index (χ4n) is 2.24. The minimum atomic E-state index is -0.485. The van der Waals surface area contributed by atoms with Crippen molar-refractivity contribution in [1.82, 2.24) is 5.43 Å². The molecule has 0 spiro atoms. The maximum atomic E-state index is 13.5. The van der Waals surface area contributed by atoms with Gasteiger partial charge >= 0.3 is 0 Å². The number of methoxy groups -OCH3 is 1. The number of aryl methyl sites for hydroxylation is 1. The van der Waals surface area contributed by atoms with Gasteiger partial charge in [-0.2, -0.15) is 0 Å². The molecule has 2 aromatic carbocycles. The maximum absolute atomic E-state index is 13.5. The first-order valence-electron chi connectivity index (χ1n) is 6.12. The minimum Gasteiger partial charge on any atom is -0.496 e. The quantitative estimate of drug-likeness (QED) is 0.668. The van der Waals surface area contributed by atoms with Crippen molar-refractivity contribution >= 4 is 0 Å². The average Bonchev–Trinajstić information content (AvgIpc) is 2.42. The number of hydrogen-bond acceptors (Lipinski definition) is 3. The monoisotopic (exact) mass is 278 g/mol. The third-order valence-corrected chi connectivity index (χ3v) is 3.21. The van der Waals surface area contributed by atoms with Crippen LogP contribution in [0.25, 0.3) is 0 Å². The summed E-state index contributed by atoms with van der Waals surface area (Å²) >= 11 is 0. The van der Waals surface area contributed by atoms with Crippen molar-refractivity contribution in [3.8, 4) is 5.75 Å². The van der Waals surface area contributed by atoms with Crippen molar-refractivity contribution < 1.29 is 13.5 Å². The number of nitrogens with one attached hydrogen (secondary N) is 1. The van der Waals surface area contributed by atoms with Gasteiger partial charge in [0.15, 0.2) is 0 Å². The Bertz CT molecular complexity index is 617. The molecule has 3 N–H and O–H groups in total. The van der Waals surface area contributed by atoms with E-state index < -0.39 is 6.04 Å². The summed E-state index contributed by atoms with van der Waals surface area (Å²) in [6, 6.07) is 8.10. The second-order valence-electron chi connectivity index (χ2n) is 4.49. The van der Waals surface area contributed by atoms with E-state index >= 15 is 0 Å². The van der Waals surface area contributed by atoms with Gasteiger partial charge in [-0.05, 0) is 48.4 Å². The zero-order valence-corrected chi connectivity index (χ0v) is 11.3. The molecule has 1 atom stereocenters. The van der Waals surface area contributed by atoms with Gasteiger partial charge in [-0.25, -0.2) is 14.2 Å². The molecule has 1 unspecified atom stereocenters. The van der Waals surface area contributed by atoms with Crippen molar-refractivity contribution in [3.05, 3.63) is 64.7 Å². The van der Waals surface area contributed by atoms with Crippen LogP contribution >= 0.6 is 0 Å². The van der Waals surface area contributed by atoms with E-state index in [0.29, 0.717) is 11.3 Å². The van der Waals surface area contributed by atoms with Crippen molar-refractivity contribution in [2.24, 2.45) is 5.84 Å². The van der Waals surface area contributed by atoms with Crippen LogP contribution in [0.15, 0.2) is 36.4 Å². The van der Waals surface area contributed by atoms with Crippen LogP contribution < -0.4 is 16.0 Å². The normalized spacial score (nSPS) is 12.2. The lowest BCUT2D eigenvalue weighted by Crippen LogP contribution is -2.29. The lowest BCUT2D eigenvalue weighted by Gasteiger charge is -2.21. The number of benzene rings is 2. The zero-order chi connectivity index (χ0) is 14.7. The number of ether oxygens (including phenoxy) is 1. The molecule has 0 saturated carbocycles. The van der Waals surface area contributed by atoms with Crippen LogP contribution in [0, 0.1) is 18.6 Å². The topological polar surface area (TPSA) is 47.3 Å². The van der Waals surface area contributed by atoms with Gasteiger partial charge in [0.05, 0.1) is 13.2 Å². The van der Waals surface area contributed by atoms with Gasteiger partial charge in [0, 0.05) is 5.56 Å². The molecule has 0 aliphatic heterocycles. The van der Waals surface area contributed by atoms with Crippen LogP contribution in [-0.2, 0) is 0 Å². The predicted octanol–water partition coefficient (Wildman–Crippen LogP) is 2.83. The van der Waals surface area contributed by atoms with Gasteiger partial charge in [0.2, 0.25) is 0 Å². The molecule has 0 radical (unpaired) electrons. The molecule has 0 aromatic heterocycles. The SMILES string of the molecule is COc1ccc(F)cc1C(NN)c1ccc(F)cc1C. The van der Waals surface area contributed by atoms with Crippen molar-refractivity contribution in [2.45, 2.75) is 13.0 Å². The van der Waals surface area contributed by atoms with Crippen LogP contribution in [0.1, 0.15) is 22.7 Å². The first-order valence-corrected chi connectivity index (χ1v) is 6.12. The number of hydrazine groups is 1. The van der Waals surface area contributed by atoms with E-state index in [1.165, 1.54) is 37.4 Å². The molecule has 0 heterocycles. The third-order valence-electron chi connectivity index (χ3n) is 3.21. The van der Waals surface area contributed by atoms with Crippen LogP contribution in [0.2, 0.25) is 0 Å². The summed E-state index contributed by atoms with van der Waals surface area (Å²) < 4.78 is 31.9. The molecule has 0 aliphatic carbocycles. The summed E-state index contributed by atoms with van der Waals surface area (Å²) in [7, 11) is 1.50. The van der Waals surface area contributed by atoms with Gasteiger partial charge in [0.25, 0.3) is 0 Å². The standard InChI is InChI=1S/C15H16F2N2O/c1-9-7-10(16)3-5-12(9)15(19-18)13-8-11(17)4-6-14(13)20-2/h3-8,15,19H,18H2,1-2H3. The summed E-state index contributed by atoms with van der Waals surface area (Å²) in [5, 5.41) is 0.